The fourth-order valence-electron chi connectivity index (χ4n) is 1.00. The van der Waals surface area contributed by atoms with E-state index in [4.69, 9.17) is 9.84 Å². The van der Waals surface area contributed by atoms with Gasteiger partial charge in [-0.05, 0) is 12.1 Å². The van der Waals surface area contributed by atoms with E-state index in [1.54, 1.807) is 37.4 Å². The van der Waals surface area contributed by atoms with Gasteiger partial charge in [0, 0.05) is 7.05 Å². The van der Waals surface area contributed by atoms with Crippen molar-refractivity contribution in [2.75, 3.05) is 25.6 Å². The summed E-state index contributed by atoms with van der Waals surface area (Å²) in [7, 11) is 3.22. The highest BCUT2D eigenvalue weighted by Crippen LogP contribution is 2.13. The van der Waals surface area contributed by atoms with Crippen LogP contribution in [0.25, 0.3) is 0 Å². The van der Waals surface area contributed by atoms with Gasteiger partial charge >= 0.3 is 5.97 Å². The van der Waals surface area contributed by atoms with Gasteiger partial charge in [0.05, 0.1) is 13.3 Å². The number of likely N-dealkylation sites (N-methyl/N-ethyl adjacent to an activating group) is 1. The van der Waals surface area contributed by atoms with Gasteiger partial charge in [-0.25, -0.2) is 4.98 Å². The first-order valence-corrected chi connectivity index (χ1v) is 4.06. The average Bonchev–Trinajstić information content (AvgIpc) is 2.17. The second-order valence-corrected chi connectivity index (χ2v) is 2.81. The number of aromatic nitrogens is 1. The van der Waals surface area contributed by atoms with Crippen LogP contribution in [0.5, 0.6) is 5.75 Å². The van der Waals surface area contributed by atoms with E-state index in [1.807, 2.05) is 0 Å². The smallest absolute Gasteiger partial charge is 0.323 e. The third-order valence-electron chi connectivity index (χ3n) is 1.72. The molecule has 0 atom stereocenters. The summed E-state index contributed by atoms with van der Waals surface area (Å²) in [5.41, 5.74) is 0. The lowest BCUT2D eigenvalue weighted by Crippen LogP contribution is -2.25. The topological polar surface area (TPSA) is 62.7 Å². The number of anilines is 1. The molecule has 1 rings (SSSR count). The van der Waals surface area contributed by atoms with Crippen molar-refractivity contribution in [2.45, 2.75) is 0 Å². The number of carboxylic acids is 1. The molecule has 1 N–H and O–H groups in total. The summed E-state index contributed by atoms with van der Waals surface area (Å²) in [6.07, 6.45) is 1.55. The number of carbonyl (C=O) groups is 1. The third-order valence-corrected chi connectivity index (χ3v) is 1.72. The lowest BCUT2D eigenvalue weighted by molar-refractivity contribution is -0.135. The van der Waals surface area contributed by atoms with Gasteiger partial charge in [-0.1, -0.05) is 0 Å². The van der Waals surface area contributed by atoms with Crippen LogP contribution < -0.4 is 9.64 Å². The van der Waals surface area contributed by atoms with Gasteiger partial charge in [-0.2, -0.15) is 0 Å². The standard InChI is InChI=1S/C9H12N2O3/c1-11(6-9(12)13)8-4-3-7(14-2)5-10-8/h3-5H,6H2,1-2H3,(H,12,13). The maximum atomic E-state index is 10.4. The molecule has 1 heterocycles. The predicted molar refractivity (Wildman–Crippen MR) is 51.7 cm³/mol. The molecule has 0 aliphatic heterocycles. The summed E-state index contributed by atoms with van der Waals surface area (Å²) in [5.74, 6) is 0.371. The minimum atomic E-state index is -0.884. The van der Waals surface area contributed by atoms with E-state index in [0.29, 0.717) is 11.6 Å². The molecular weight excluding hydrogens is 184 g/mol. The van der Waals surface area contributed by atoms with Crippen LogP contribution in [-0.4, -0.2) is 36.8 Å². The first kappa shape index (κ1) is 10.3. The van der Waals surface area contributed by atoms with Crippen molar-refractivity contribution in [1.82, 2.24) is 4.98 Å². The van der Waals surface area contributed by atoms with Crippen molar-refractivity contribution in [2.24, 2.45) is 0 Å². The van der Waals surface area contributed by atoms with Gasteiger partial charge in [0.2, 0.25) is 0 Å². The van der Waals surface area contributed by atoms with Gasteiger partial charge in [0.15, 0.2) is 0 Å². The first-order valence-electron chi connectivity index (χ1n) is 4.06. The van der Waals surface area contributed by atoms with E-state index in [-0.39, 0.29) is 6.54 Å². The van der Waals surface area contributed by atoms with Crippen LogP contribution in [0.4, 0.5) is 5.82 Å². The number of ether oxygens (including phenoxy) is 1. The zero-order valence-corrected chi connectivity index (χ0v) is 8.10. The summed E-state index contributed by atoms with van der Waals surface area (Å²) < 4.78 is 4.93. The SMILES string of the molecule is COc1ccc(N(C)CC(=O)O)nc1. The number of pyridine rings is 1. The molecule has 0 bridgehead atoms. The van der Waals surface area contributed by atoms with Crippen molar-refractivity contribution < 1.29 is 14.6 Å². The van der Waals surface area contributed by atoms with Crippen LogP contribution in [-0.2, 0) is 4.79 Å². The second kappa shape index (κ2) is 4.45. The van der Waals surface area contributed by atoms with Crippen molar-refractivity contribution in [3.8, 4) is 5.75 Å². The molecule has 0 aliphatic carbocycles. The average molecular weight is 196 g/mol. The fraction of sp³-hybridized carbons (Fsp3) is 0.333. The number of rotatable bonds is 4. The third kappa shape index (κ3) is 2.62. The Hall–Kier alpha value is -1.78. The monoisotopic (exact) mass is 196 g/mol. The van der Waals surface area contributed by atoms with Gasteiger partial charge in [0.25, 0.3) is 0 Å². The van der Waals surface area contributed by atoms with Crippen molar-refractivity contribution in [3.05, 3.63) is 18.3 Å². The molecule has 0 radical (unpaired) electrons. The van der Waals surface area contributed by atoms with E-state index in [2.05, 4.69) is 4.98 Å². The fourth-order valence-corrected chi connectivity index (χ4v) is 1.00. The Morgan fingerprint density at radius 3 is 2.79 bits per heavy atom. The molecule has 1 aromatic rings. The molecule has 0 amide bonds. The first-order chi connectivity index (χ1) is 6.63. The molecule has 14 heavy (non-hydrogen) atoms. The molecule has 0 saturated carbocycles. The highest BCUT2D eigenvalue weighted by atomic mass is 16.5. The largest absolute Gasteiger partial charge is 0.495 e. The highest BCUT2D eigenvalue weighted by molar-refractivity contribution is 5.72. The molecule has 0 saturated heterocycles. The zero-order valence-electron chi connectivity index (χ0n) is 8.10. The van der Waals surface area contributed by atoms with E-state index >= 15 is 0 Å². The molecule has 0 aromatic carbocycles. The molecule has 0 aliphatic rings. The van der Waals surface area contributed by atoms with Gasteiger partial charge < -0.3 is 14.7 Å². The van der Waals surface area contributed by atoms with Crippen LogP contribution in [0, 0.1) is 0 Å². The van der Waals surface area contributed by atoms with Crippen LogP contribution in [0.3, 0.4) is 0 Å². The Labute approximate surface area is 81.9 Å². The summed E-state index contributed by atoms with van der Waals surface area (Å²) >= 11 is 0. The van der Waals surface area contributed by atoms with Crippen LogP contribution >= 0.6 is 0 Å². The number of carboxylic acid groups (broad SMARTS) is 1. The molecule has 5 heteroatoms. The Bertz CT molecular complexity index is 310. The summed E-state index contributed by atoms with van der Waals surface area (Å²) in [5, 5.41) is 8.55. The van der Waals surface area contributed by atoms with E-state index in [9.17, 15) is 4.79 Å². The predicted octanol–water partition coefficient (Wildman–Crippen LogP) is 0.611. The molecule has 0 spiro atoms. The minimum absolute atomic E-state index is 0.0701. The number of methoxy groups -OCH3 is 1. The molecule has 1 aromatic heterocycles. The van der Waals surface area contributed by atoms with Gasteiger partial charge in [-0.3, -0.25) is 4.79 Å². The number of hydrogen-bond donors (Lipinski definition) is 1. The Morgan fingerprint density at radius 2 is 2.36 bits per heavy atom. The van der Waals surface area contributed by atoms with Gasteiger partial charge in [0.1, 0.15) is 18.1 Å². The Kier molecular flexibility index (Phi) is 3.28. The second-order valence-electron chi connectivity index (χ2n) is 2.81. The summed E-state index contributed by atoms with van der Waals surface area (Å²) in [4.78, 5) is 16.0. The molecular formula is C9H12N2O3. The summed E-state index contributed by atoms with van der Waals surface area (Å²) in [6.45, 7) is -0.0701. The molecule has 0 fully saturated rings. The Morgan fingerprint density at radius 1 is 1.64 bits per heavy atom. The van der Waals surface area contributed by atoms with Crippen LogP contribution in [0.2, 0.25) is 0 Å². The minimum Gasteiger partial charge on any atom is -0.495 e. The lowest BCUT2D eigenvalue weighted by Gasteiger charge is -2.15. The normalized spacial score (nSPS) is 9.57. The number of nitrogens with zero attached hydrogens (tertiary/aromatic N) is 2. The van der Waals surface area contributed by atoms with E-state index in [1.165, 1.54) is 0 Å². The van der Waals surface area contributed by atoms with Crippen molar-refractivity contribution >= 4 is 11.8 Å². The summed E-state index contributed by atoms with van der Waals surface area (Å²) in [6, 6.07) is 3.45. The van der Waals surface area contributed by atoms with Gasteiger partial charge in [-0.15, -0.1) is 0 Å². The molecule has 0 unspecified atom stereocenters. The van der Waals surface area contributed by atoms with E-state index < -0.39 is 5.97 Å². The lowest BCUT2D eigenvalue weighted by atomic mass is 10.4. The number of aliphatic carboxylic acids is 1. The molecule has 5 nitrogen and oxygen atoms in total. The zero-order chi connectivity index (χ0) is 10.6. The maximum Gasteiger partial charge on any atom is 0.323 e. The maximum absolute atomic E-state index is 10.4. The Balaban J connectivity index is 2.71. The highest BCUT2D eigenvalue weighted by Gasteiger charge is 2.06. The van der Waals surface area contributed by atoms with Crippen LogP contribution in [0.1, 0.15) is 0 Å². The number of hydrogen-bond acceptors (Lipinski definition) is 4. The van der Waals surface area contributed by atoms with Crippen LogP contribution in [0.15, 0.2) is 18.3 Å². The van der Waals surface area contributed by atoms with Crippen molar-refractivity contribution in [1.29, 1.82) is 0 Å². The quantitative estimate of drug-likeness (QED) is 0.764. The van der Waals surface area contributed by atoms with Crippen molar-refractivity contribution in [3.63, 3.8) is 0 Å². The molecule has 76 valence electrons. The van der Waals surface area contributed by atoms with E-state index in [0.717, 1.165) is 0 Å².